The number of nitrogens with one attached hydrogen (secondary N) is 2. The van der Waals surface area contributed by atoms with Gasteiger partial charge in [-0.3, -0.25) is 0 Å². The highest BCUT2D eigenvalue weighted by atomic mass is 35.5. The molecular formula is C12H20ClN3. The maximum absolute atomic E-state index is 6.08. The summed E-state index contributed by atoms with van der Waals surface area (Å²) in [6.07, 6.45) is 2.21. The van der Waals surface area contributed by atoms with Gasteiger partial charge in [-0.15, -0.1) is 0 Å². The zero-order valence-electron chi connectivity index (χ0n) is 10.0. The Kier molecular flexibility index (Phi) is 6.19. The fourth-order valence-electron chi connectivity index (χ4n) is 1.34. The number of anilines is 1. The van der Waals surface area contributed by atoms with Gasteiger partial charge in [0.15, 0.2) is 0 Å². The lowest BCUT2D eigenvalue weighted by Crippen LogP contribution is -2.15. The summed E-state index contributed by atoms with van der Waals surface area (Å²) in [4.78, 5) is 4.48. The fourth-order valence-corrected chi connectivity index (χ4v) is 1.52. The molecule has 0 aliphatic rings. The van der Waals surface area contributed by atoms with Crippen molar-refractivity contribution in [2.24, 2.45) is 0 Å². The summed E-state index contributed by atoms with van der Waals surface area (Å²) in [5.74, 6) is 0.902. The molecule has 2 N–H and O–H groups in total. The molecule has 0 unspecified atom stereocenters. The summed E-state index contributed by atoms with van der Waals surface area (Å²) in [7, 11) is 0. The Balaban J connectivity index is 2.59. The van der Waals surface area contributed by atoms with Crippen LogP contribution in [0.25, 0.3) is 0 Å². The van der Waals surface area contributed by atoms with E-state index in [0.717, 1.165) is 49.0 Å². The second-order valence-electron chi connectivity index (χ2n) is 3.73. The third-order valence-electron chi connectivity index (χ3n) is 2.19. The van der Waals surface area contributed by atoms with Crippen molar-refractivity contribution in [3.63, 3.8) is 0 Å². The number of aromatic nitrogens is 1. The SMILES string of the molecule is CCCNCc1nc(NCCC)ccc1Cl. The zero-order valence-corrected chi connectivity index (χ0v) is 10.8. The van der Waals surface area contributed by atoms with Crippen LogP contribution in [-0.2, 0) is 6.54 Å². The molecule has 0 radical (unpaired) electrons. The Morgan fingerprint density at radius 2 is 1.94 bits per heavy atom. The summed E-state index contributed by atoms with van der Waals surface area (Å²) >= 11 is 6.08. The number of pyridine rings is 1. The second kappa shape index (κ2) is 7.47. The molecule has 1 aromatic heterocycles. The topological polar surface area (TPSA) is 37.0 Å². The van der Waals surface area contributed by atoms with E-state index >= 15 is 0 Å². The number of hydrogen-bond acceptors (Lipinski definition) is 3. The van der Waals surface area contributed by atoms with Gasteiger partial charge in [-0.25, -0.2) is 4.98 Å². The molecule has 1 heterocycles. The van der Waals surface area contributed by atoms with Crippen LogP contribution >= 0.6 is 11.6 Å². The second-order valence-corrected chi connectivity index (χ2v) is 4.14. The fraction of sp³-hybridized carbons (Fsp3) is 0.583. The van der Waals surface area contributed by atoms with E-state index in [0.29, 0.717) is 0 Å². The predicted molar refractivity (Wildman–Crippen MR) is 70.0 cm³/mol. The average molecular weight is 242 g/mol. The van der Waals surface area contributed by atoms with Crippen molar-refractivity contribution in [1.82, 2.24) is 10.3 Å². The van der Waals surface area contributed by atoms with E-state index in [4.69, 9.17) is 11.6 Å². The van der Waals surface area contributed by atoms with Crippen molar-refractivity contribution in [2.45, 2.75) is 33.2 Å². The number of rotatable bonds is 7. The van der Waals surface area contributed by atoms with Gasteiger partial charge in [-0.05, 0) is 31.5 Å². The van der Waals surface area contributed by atoms with Crippen LogP contribution in [0.1, 0.15) is 32.4 Å². The van der Waals surface area contributed by atoms with Gasteiger partial charge in [-0.2, -0.15) is 0 Å². The van der Waals surface area contributed by atoms with Crippen molar-refractivity contribution in [2.75, 3.05) is 18.4 Å². The van der Waals surface area contributed by atoms with Crippen LogP contribution < -0.4 is 10.6 Å². The summed E-state index contributed by atoms with van der Waals surface area (Å²) in [6, 6.07) is 3.82. The van der Waals surface area contributed by atoms with E-state index in [1.54, 1.807) is 0 Å². The Morgan fingerprint density at radius 1 is 1.19 bits per heavy atom. The molecule has 0 aliphatic heterocycles. The molecule has 1 rings (SSSR count). The number of hydrogen-bond donors (Lipinski definition) is 2. The highest BCUT2D eigenvalue weighted by molar-refractivity contribution is 6.31. The minimum Gasteiger partial charge on any atom is -0.370 e. The normalized spacial score (nSPS) is 10.4. The molecule has 16 heavy (non-hydrogen) atoms. The molecule has 4 heteroatoms. The van der Waals surface area contributed by atoms with Crippen molar-refractivity contribution >= 4 is 17.4 Å². The first-order chi connectivity index (χ1) is 7.77. The van der Waals surface area contributed by atoms with E-state index in [9.17, 15) is 0 Å². The Bertz CT molecular complexity index is 315. The van der Waals surface area contributed by atoms with Crippen LogP contribution in [0.4, 0.5) is 5.82 Å². The van der Waals surface area contributed by atoms with E-state index in [-0.39, 0.29) is 0 Å². The first-order valence-electron chi connectivity index (χ1n) is 5.88. The van der Waals surface area contributed by atoms with Gasteiger partial charge in [0.25, 0.3) is 0 Å². The lowest BCUT2D eigenvalue weighted by molar-refractivity contribution is 0.665. The molecule has 0 fully saturated rings. The van der Waals surface area contributed by atoms with Crippen molar-refractivity contribution in [1.29, 1.82) is 0 Å². The third-order valence-corrected chi connectivity index (χ3v) is 2.54. The van der Waals surface area contributed by atoms with Crippen molar-refractivity contribution in [3.8, 4) is 0 Å². The third kappa shape index (κ3) is 4.37. The number of halogens is 1. The molecule has 0 saturated heterocycles. The van der Waals surface area contributed by atoms with Gasteiger partial charge in [0, 0.05) is 13.1 Å². The highest BCUT2D eigenvalue weighted by Gasteiger charge is 2.03. The minimum atomic E-state index is 0.727. The average Bonchev–Trinajstić information content (AvgIpc) is 2.30. The van der Waals surface area contributed by atoms with Crippen LogP contribution in [0.2, 0.25) is 5.02 Å². The minimum absolute atomic E-state index is 0.727. The summed E-state index contributed by atoms with van der Waals surface area (Å²) in [6.45, 7) is 6.93. The first-order valence-corrected chi connectivity index (χ1v) is 6.25. The molecule has 0 aromatic carbocycles. The van der Waals surface area contributed by atoms with Crippen molar-refractivity contribution in [3.05, 3.63) is 22.8 Å². The van der Waals surface area contributed by atoms with E-state index in [2.05, 4.69) is 29.5 Å². The lowest BCUT2D eigenvalue weighted by atomic mass is 10.3. The van der Waals surface area contributed by atoms with Crippen LogP contribution in [0.5, 0.6) is 0 Å². The summed E-state index contributed by atoms with van der Waals surface area (Å²) in [5.41, 5.74) is 0.913. The summed E-state index contributed by atoms with van der Waals surface area (Å²) < 4.78 is 0. The monoisotopic (exact) mass is 241 g/mol. The maximum atomic E-state index is 6.08. The van der Waals surface area contributed by atoms with Gasteiger partial charge < -0.3 is 10.6 Å². The predicted octanol–water partition coefficient (Wildman–Crippen LogP) is 3.06. The molecule has 0 aliphatic carbocycles. The molecule has 90 valence electrons. The van der Waals surface area contributed by atoms with Gasteiger partial charge >= 0.3 is 0 Å². The van der Waals surface area contributed by atoms with Gasteiger partial charge in [0.2, 0.25) is 0 Å². The molecule has 0 saturated carbocycles. The van der Waals surface area contributed by atoms with Crippen LogP contribution in [-0.4, -0.2) is 18.1 Å². The Morgan fingerprint density at radius 3 is 2.62 bits per heavy atom. The van der Waals surface area contributed by atoms with Gasteiger partial charge in [0.1, 0.15) is 5.82 Å². The largest absolute Gasteiger partial charge is 0.370 e. The standard InChI is InChI=1S/C12H20ClN3/c1-3-7-14-9-11-10(13)5-6-12(16-11)15-8-4-2/h5-6,14H,3-4,7-9H2,1-2H3,(H,15,16). The summed E-state index contributed by atoms with van der Waals surface area (Å²) in [5, 5.41) is 7.28. The van der Waals surface area contributed by atoms with E-state index < -0.39 is 0 Å². The highest BCUT2D eigenvalue weighted by Crippen LogP contribution is 2.16. The molecule has 1 aromatic rings. The van der Waals surface area contributed by atoms with Crippen LogP contribution in [0, 0.1) is 0 Å². The van der Waals surface area contributed by atoms with E-state index in [1.807, 2.05) is 12.1 Å². The molecule has 3 nitrogen and oxygen atoms in total. The van der Waals surface area contributed by atoms with Gasteiger partial charge in [-0.1, -0.05) is 25.4 Å². The molecule has 0 atom stereocenters. The number of nitrogens with zero attached hydrogens (tertiary/aromatic N) is 1. The quantitative estimate of drug-likeness (QED) is 0.721. The lowest BCUT2D eigenvalue weighted by Gasteiger charge is -2.08. The smallest absolute Gasteiger partial charge is 0.126 e. The molecular weight excluding hydrogens is 222 g/mol. The molecule has 0 bridgehead atoms. The first kappa shape index (κ1) is 13.3. The van der Waals surface area contributed by atoms with Crippen LogP contribution in [0.3, 0.4) is 0 Å². The Labute approximate surface area is 103 Å². The maximum Gasteiger partial charge on any atom is 0.126 e. The molecule has 0 amide bonds. The van der Waals surface area contributed by atoms with Crippen LogP contribution in [0.15, 0.2) is 12.1 Å². The van der Waals surface area contributed by atoms with E-state index in [1.165, 1.54) is 0 Å². The Hall–Kier alpha value is -0.800. The zero-order chi connectivity index (χ0) is 11.8. The molecule has 0 spiro atoms. The van der Waals surface area contributed by atoms with Crippen molar-refractivity contribution < 1.29 is 0 Å². The van der Waals surface area contributed by atoms with Gasteiger partial charge in [0.05, 0.1) is 10.7 Å².